The Morgan fingerprint density at radius 3 is 2.30 bits per heavy atom. The van der Waals surface area contributed by atoms with E-state index in [4.69, 9.17) is 0 Å². The summed E-state index contributed by atoms with van der Waals surface area (Å²) in [5.74, 6) is -0.850. The second-order valence-electron chi connectivity index (χ2n) is 6.30. The van der Waals surface area contributed by atoms with Gasteiger partial charge in [-0.05, 0) is 39.3 Å². The number of carbonyl (C=O) groups is 1. The molecule has 1 aromatic heterocycles. The summed E-state index contributed by atoms with van der Waals surface area (Å²) in [6.45, 7) is 6.77. The van der Waals surface area contributed by atoms with Gasteiger partial charge in [-0.1, -0.05) is 18.2 Å². The lowest BCUT2D eigenvalue weighted by molar-refractivity contribution is -0.142. The number of alkyl halides is 3. The van der Waals surface area contributed by atoms with Crippen LogP contribution in [0.15, 0.2) is 30.6 Å². The molecule has 0 spiro atoms. The van der Waals surface area contributed by atoms with Crippen molar-refractivity contribution in [2.45, 2.75) is 39.4 Å². The van der Waals surface area contributed by atoms with Crippen LogP contribution in [0.25, 0.3) is 5.69 Å². The molecule has 0 aliphatic heterocycles. The van der Waals surface area contributed by atoms with Crippen molar-refractivity contribution in [3.63, 3.8) is 0 Å². The summed E-state index contributed by atoms with van der Waals surface area (Å²) in [4.78, 5) is 15.9. The first kappa shape index (κ1) is 17.1. The molecule has 0 saturated heterocycles. The van der Waals surface area contributed by atoms with Gasteiger partial charge in [0.25, 0.3) is 5.91 Å². The monoisotopic (exact) mass is 325 g/mol. The summed E-state index contributed by atoms with van der Waals surface area (Å²) in [6, 6.07) is 6.62. The molecule has 2 aromatic rings. The molecule has 0 atom stereocenters. The summed E-state index contributed by atoms with van der Waals surface area (Å²) in [6.07, 6.45) is -3.67. The number of benzene rings is 1. The van der Waals surface area contributed by atoms with E-state index in [9.17, 15) is 18.0 Å². The van der Waals surface area contributed by atoms with Crippen molar-refractivity contribution in [2.24, 2.45) is 0 Å². The Morgan fingerprint density at radius 1 is 1.17 bits per heavy atom. The zero-order valence-corrected chi connectivity index (χ0v) is 13.3. The molecule has 1 heterocycles. The van der Waals surface area contributed by atoms with E-state index < -0.39 is 29.0 Å². The Kier molecular flexibility index (Phi) is 4.24. The van der Waals surface area contributed by atoms with E-state index >= 15 is 0 Å². The maximum absolute atomic E-state index is 13.5. The van der Waals surface area contributed by atoms with Crippen LogP contribution in [0, 0.1) is 6.92 Å². The lowest BCUT2D eigenvalue weighted by Crippen LogP contribution is -2.41. The molecule has 1 amide bonds. The van der Waals surface area contributed by atoms with E-state index in [0.717, 1.165) is 10.9 Å². The Labute approximate surface area is 132 Å². The van der Waals surface area contributed by atoms with Crippen LogP contribution in [0.5, 0.6) is 0 Å². The fourth-order valence-corrected chi connectivity index (χ4v) is 2.20. The second kappa shape index (κ2) is 5.72. The van der Waals surface area contributed by atoms with Crippen LogP contribution < -0.4 is 5.32 Å². The van der Waals surface area contributed by atoms with E-state index in [2.05, 4.69) is 10.3 Å². The predicted octanol–water partition coefficient (Wildman–Crippen LogP) is 3.73. The van der Waals surface area contributed by atoms with Gasteiger partial charge >= 0.3 is 6.18 Å². The number of aryl methyl sites for hydroxylation is 1. The number of hydrogen-bond acceptors (Lipinski definition) is 2. The average Bonchev–Trinajstić information content (AvgIpc) is 2.81. The summed E-state index contributed by atoms with van der Waals surface area (Å²) < 4.78 is 41.4. The van der Waals surface area contributed by atoms with E-state index in [1.165, 1.54) is 0 Å². The lowest BCUT2D eigenvalue weighted by atomic mass is 10.1. The molecule has 7 heteroatoms. The number of amides is 1. The highest BCUT2D eigenvalue weighted by molar-refractivity contribution is 5.94. The van der Waals surface area contributed by atoms with Crippen molar-refractivity contribution in [3.05, 3.63) is 47.5 Å². The first-order chi connectivity index (χ1) is 10.5. The van der Waals surface area contributed by atoms with Crippen LogP contribution in [0.1, 0.15) is 42.5 Å². The maximum Gasteiger partial charge on any atom is 0.434 e. The maximum atomic E-state index is 13.5. The van der Waals surface area contributed by atoms with Crippen molar-refractivity contribution in [2.75, 3.05) is 0 Å². The fraction of sp³-hybridized carbons (Fsp3) is 0.375. The molecule has 124 valence electrons. The SMILES string of the molecule is Cc1ccccc1-n1cnc(C(=O)NC(C)(C)C)c1C(F)(F)F. The number of aromatic nitrogens is 2. The molecule has 0 radical (unpaired) electrons. The van der Waals surface area contributed by atoms with Gasteiger partial charge in [0.15, 0.2) is 11.4 Å². The summed E-state index contributed by atoms with van der Waals surface area (Å²) in [5, 5.41) is 2.51. The van der Waals surface area contributed by atoms with Crippen molar-refractivity contribution in [1.29, 1.82) is 0 Å². The largest absolute Gasteiger partial charge is 0.434 e. The number of halogens is 3. The molecule has 2 rings (SSSR count). The summed E-state index contributed by atoms with van der Waals surface area (Å²) in [5.41, 5.74) is -1.38. The number of nitrogens with one attached hydrogen (secondary N) is 1. The van der Waals surface area contributed by atoms with E-state index in [-0.39, 0.29) is 0 Å². The molecule has 0 fully saturated rings. The summed E-state index contributed by atoms with van der Waals surface area (Å²) in [7, 11) is 0. The first-order valence-electron chi connectivity index (χ1n) is 7.04. The minimum absolute atomic E-state index is 0.335. The normalized spacial score (nSPS) is 12.3. The molecule has 1 aromatic carbocycles. The second-order valence-corrected chi connectivity index (χ2v) is 6.30. The molecule has 0 aliphatic carbocycles. The standard InChI is InChI=1S/C16H18F3N3O/c1-10-7-5-6-8-11(10)22-9-20-12(13(22)16(17,18)19)14(23)21-15(2,3)4/h5-9H,1-4H3,(H,21,23). The van der Waals surface area contributed by atoms with E-state index in [0.29, 0.717) is 11.3 Å². The molecule has 23 heavy (non-hydrogen) atoms. The number of carbonyl (C=O) groups excluding carboxylic acids is 1. The molecule has 0 unspecified atom stereocenters. The third-order valence-electron chi connectivity index (χ3n) is 3.11. The number of nitrogens with zero attached hydrogens (tertiary/aromatic N) is 2. The number of imidazole rings is 1. The molecule has 4 nitrogen and oxygen atoms in total. The average molecular weight is 325 g/mol. The van der Waals surface area contributed by atoms with E-state index in [1.54, 1.807) is 52.0 Å². The van der Waals surface area contributed by atoms with Crippen LogP contribution in [0.3, 0.4) is 0 Å². The molecular weight excluding hydrogens is 307 g/mol. The van der Waals surface area contributed by atoms with Gasteiger partial charge in [-0.25, -0.2) is 4.98 Å². The fourth-order valence-electron chi connectivity index (χ4n) is 2.20. The smallest absolute Gasteiger partial charge is 0.346 e. The van der Waals surface area contributed by atoms with Gasteiger partial charge in [0.05, 0.1) is 5.69 Å². The Bertz CT molecular complexity index is 727. The van der Waals surface area contributed by atoms with Crippen LogP contribution in [-0.4, -0.2) is 21.0 Å². The van der Waals surface area contributed by atoms with Crippen LogP contribution in [0.4, 0.5) is 13.2 Å². The van der Waals surface area contributed by atoms with Crippen molar-refractivity contribution >= 4 is 5.91 Å². The number of para-hydroxylation sites is 1. The topological polar surface area (TPSA) is 46.9 Å². The molecule has 0 aliphatic rings. The zero-order chi connectivity index (χ0) is 17.4. The van der Waals surface area contributed by atoms with Gasteiger partial charge in [0.2, 0.25) is 0 Å². The van der Waals surface area contributed by atoms with Crippen molar-refractivity contribution in [1.82, 2.24) is 14.9 Å². The summed E-state index contributed by atoms with van der Waals surface area (Å²) >= 11 is 0. The molecular formula is C16H18F3N3O. The highest BCUT2D eigenvalue weighted by Crippen LogP contribution is 2.34. The minimum atomic E-state index is -4.71. The molecule has 0 saturated carbocycles. The third-order valence-corrected chi connectivity index (χ3v) is 3.11. The number of hydrogen-bond donors (Lipinski definition) is 1. The van der Waals surface area contributed by atoms with Gasteiger partial charge in [-0.2, -0.15) is 13.2 Å². The lowest BCUT2D eigenvalue weighted by Gasteiger charge is -2.21. The Balaban J connectivity index is 2.60. The van der Waals surface area contributed by atoms with Gasteiger partial charge in [-0.15, -0.1) is 0 Å². The van der Waals surface area contributed by atoms with Gasteiger partial charge in [0, 0.05) is 5.54 Å². The van der Waals surface area contributed by atoms with Crippen molar-refractivity contribution in [3.8, 4) is 5.69 Å². The minimum Gasteiger partial charge on any atom is -0.346 e. The molecule has 1 N–H and O–H groups in total. The third kappa shape index (κ3) is 3.72. The van der Waals surface area contributed by atoms with E-state index in [1.807, 2.05) is 0 Å². The van der Waals surface area contributed by atoms with Gasteiger partial charge in [0.1, 0.15) is 6.33 Å². The van der Waals surface area contributed by atoms with Crippen LogP contribution in [0.2, 0.25) is 0 Å². The van der Waals surface area contributed by atoms with Crippen LogP contribution >= 0.6 is 0 Å². The first-order valence-corrected chi connectivity index (χ1v) is 7.04. The zero-order valence-electron chi connectivity index (χ0n) is 13.3. The van der Waals surface area contributed by atoms with Gasteiger partial charge in [-0.3, -0.25) is 9.36 Å². The Hall–Kier alpha value is -2.31. The Morgan fingerprint density at radius 2 is 1.78 bits per heavy atom. The number of rotatable bonds is 2. The van der Waals surface area contributed by atoms with Crippen LogP contribution in [-0.2, 0) is 6.18 Å². The van der Waals surface area contributed by atoms with Gasteiger partial charge < -0.3 is 5.32 Å². The predicted molar refractivity (Wildman–Crippen MR) is 80.5 cm³/mol. The quantitative estimate of drug-likeness (QED) is 0.914. The highest BCUT2D eigenvalue weighted by atomic mass is 19.4. The highest BCUT2D eigenvalue weighted by Gasteiger charge is 2.41. The van der Waals surface area contributed by atoms with Crippen molar-refractivity contribution < 1.29 is 18.0 Å². The molecule has 0 bridgehead atoms.